The molecule has 2 aliphatic rings. The van der Waals surface area contributed by atoms with Gasteiger partial charge in [0.2, 0.25) is 0 Å². The van der Waals surface area contributed by atoms with Gasteiger partial charge in [0.1, 0.15) is 11.1 Å². The Labute approximate surface area is 268 Å². The molecule has 0 saturated heterocycles. The number of nitrogens with two attached hydrogens (primary N) is 5. The highest BCUT2D eigenvalue weighted by molar-refractivity contribution is 6.31. The van der Waals surface area contributed by atoms with Crippen LogP contribution in [0.3, 0.4) is 0 Å². The summed E-state index contributed by atoms with van der Waals surface area (Å²) in [6.07, 6.45) is 5.78. The van der Waals surface area contributed by atoms with Crippen LogP contribution in [0.2, 0.25) is 0 Å². The van der Waals surface area contributed by atoms with Gasteiger partial charge in [-0.2, -0.15) is 0 Å². The van der Waals surface area contributed by atoms with E-state index in [-0.39, 0.29) is 69.9 Å². The predicted molar refractivity (Wildman–Crippen MR) is 174 cm³/mol. The topological polar surface area (TPSA) is 235 Å². The number of anilines is 5. The second kappa shape index (κ2) is 13.0. The number of rotatable bonds is 8. The Morgan fingerprint density at radius 2 is 1.09 bits per heavy atom. The first-order chi connectivity index (χ1) is 21.4. The Bertz CT molecular complexity index is 1450. The van der Waals surface area contributed by atoms with Crippen molar-refractivity contribution < 1.29 is 38.1 Å². The van der Waals surface area contributed by atoms with Gasteiger partial charge in [-0.3, -0.25) is 0 Å². The molecule has 4 rings (SSSR count). The Morgan fingerprint density at radius 1 is 0.674 bits per heavy atom. The van der Waals surface area contributed by atoms with Crippen LogP contribution in [0.4, 0.5) is 28.4 Å². The van der Waals surface area contributed by atoms with Crippen LogP contribution < -0.4 is 38.1 Å². The fourth-order valence-corrected chi connectivity index (χ4v) is 6.37. The van der Waals surface area contributed by atoms with Crippen LogP contribution in [-0.4, -0.2) is 37.1 Å². The maximum atomic E-state index is 13.3. The van der Waals surface area contributed by atoms with Crippen LogP contribution in [0.1, 0.15) is 92.5 Å². The predicted octanol–water partition coefficient (Wildman–Crippen LogP) is 4.38. The van der Waals surface area contributed by atoms with Crippen LogP contribution in [0.25, 0.3) is 0 Å². The van der Waals surface area contributed by atoms with E-state index in [1.165, 1.54) is 12.1 Å². The minimum atomic E-state index is -1.59. The molecule has 2 fully saturated rings. The lowest BCUT2D eigenvalue weighted by Crippen LogP contribution is -2.29. The van der Waals surface area contributed by atoms with E-state index in [2.05, 4.69) is 27.7 Å². The molecule has 0 aromatic heterocycles. The molecule has 10 N–H and O–H groups in total. The highest BCUT2D eigenvalue weighted by Crippen LogP contribution is 2.44. The fraction of sp³-hybridized carbons (Fsp3) is 0.515. The summed E-state index contributed by atoms with van der Waals surface area (Å²) in [7, 11) is 0. The molecule has 2 aliphatic carbocycles. The molecule has 13 nitrogen and oxygen atoms in total. The minimum Gasteiger partial charge on any atom is -0.462 e. The molecular weight excluding hydrogens is 594 g/mol. The van der Waals surface area contributed by atoms with Gasteiger partial charge in [0.15, 0.2) is 11.5 Å². The highest BCUT2D eigenvalue weighted by atomic mass is 16.6. The third-order valence-corrected chi connectivity index (χ3v) is 9.69. The van der Waals surface area contributed by atoms with Crippen molar-refractivity contribution >= 4 is 52.3 Å². The Morgan fingerprint density at radius 3 is 1.50 bits per heavy atom. The number of carbonyl (C=O) groups is 4. The van der Waals surface area contributed by atoms with Crippen LogP contribution >= 0.6 is 0 Å². The van der Waals surface area contributed by atoms with Crippen molar-refractivity contribution in [2.24, 2.45) is 22.7 Å². The molecule has 0 radical (unpaired) electrons. The molecule has 46 heavy (non-hydrogen) atoms. The van der Waals surface area contributed by atoms with Crippen molar-refractivity contribution in [2.45, 2.75) is 73.1 Å². The van der Waals surface area contributed by atoms with Gasteiger partial charge >= 0.3 is 23.9 Å². The fourth-order valence-electron chi connectivity index (χ4n) is 6.37. The Hall–Kier alpha value is -4.68. The van der Waals surface area contributed by atoms with Crippen LogP contribution in [-0.2, 0) is 19.1 Å². The summed E-state index contributed by atoms with van der Waals surface area (Å²) in [4.78, 5) is 52.6. The van der Waals surface area contributed by atoms with Gasteiger partial charge in [0.05, 0.1) is 41.7 Å². The van der Waals surface area contributed by atoms with E-state index in [4.69, 9.17) is 47.6 Å². The van der Waals surface area contributed by atoms with Gasteiger partial charge in [0.25, 0.3) is 0 Å². The molecular formula is C33H45N5O8. The number of esters is 4. The summed E-state index contributed by atoms with van der Waals surface area (Å²) in [6.45, 7) is 10.3. The lowest BCUT2D eigenvalue weighted by atomic mass is 9.82. The zero-order valence-corrected chi connectivity index (χ0v) is 27.1. The van der Waals surface area contributed by atoms with Crippen molar-refractivity contribution in [2.75, 3.05) is 41.9 Å². The number of nitrogen functional groups attached to an aromatic ring is 5. The number of hydrogen-bond acceptors (Lipinski definition) is 13. The minimum absolute atomic E-state index is 0.0117. The SMILES string of the molecule is Cc1cc(N)c(OC(=O)C(=O)Oc2c(N)cc(N)c(N)c2C(=O)OCC2CCCC2(C)C)c(C(=O)OCC2CCCC2(C)C)c1N. The van der Waals surface area contributed by atoms with Gasteiger partial charge in [-0.25, -0.2) is 19.2 Å². The quantitative estimate of drug-likeness (QED) is 0.117. The van der Waals surface area contributed by atoms with Crippen LogP contribution in [0.5, 0.6) is 11.5 Å². The van der Waals surface area contributed by atoms with Gasteiger partial charge in [0, 0.05) is 0 Å². The van der Waals surface area contributed by atoms with Crippen LogP contribution in [0.15, 0.2) is 12.1 Å². The van der Waals surface area contributed by atoms with Gasteiger partial charge in [-0.05, 0) is 73.0 Å². The van der Waals surface area contributed by atoms with E-state index in [1.807, 2.05) is 0 Å². The first kappa shape index (κ1) is 34.2. The molecule has 0 spiro atoms. The monoisotopic (exact) mass is 639 g/mol. The number of hydrogen-bond donors (Lipinski definition) is 5. The van der Waals surface area contributed by atoms with Crippen molar-refractivity contribution in [1.82, 2.24) is 0 Å². The number of ether oxygens (including phenoxy) is 4. The van der Waals surface area contributed by atoms with E-state index in [9.17, 15) is 19.2 Å². The lowest BCUT2D eigenvalue weighted by Gasteiger charge is -2.26. The summed E-state index contributed by atoms with van der Waals surface area (Å²) in [5, 5.41) is 0. The maximum absolute atomic E-state index is 13.3. The zero-order valence-electron chi connectivity index (χ0n) is 27.1. The average molecular weight is 640 g/mol. The number of aryl methyl sites for hydroxylation is 1. The molecule has 2 saturated carbocycles. The smallest absolute Gasteiger partial charge is 0.423 e. The second-order valence-electron chi connectivity index (χ2n) is 13.7. The maximum Gasteiger partial charge on any atom is 0.423 e. The standard InChI is InChI=1S/C33H45N5O8/c1-16-12-20(35)26(22(24(16)37)28(39)43-14-17-8-6-10-32(17,2)3)45-30(41)31(42)46-27-21(36)13-19(34)25(38)23(27)29(40)44-15-18-9-7-11-33(18,4)5/h12-13,17-18H,6-11,14-15,34-38H2,1-5H3. The summed E-state index contributed by atoms with van der Waals surface area (Å²) in [5.41, 5.74) is 29.3. The van der Waals surface area contributed by atoms with Gasteiger partial charge in [-0.15, -0.1) is 0 Å². The molecule has 0 bridgehead atoms. The van der Waals surface area contributed by atoms with Crippen molar-refractivity contribution in [3.63, 3.8) is 0 Å². The van der Waals surface area contributed by atoms with E-state index >= 15 is 0 Å². The number of carbonyl (C=O) groups excluding carboxylic acids is 4. The average Bonchev–Trinajstić information content (AvgIpc) is 3.50. The largest absolute Gasteiger partial charge is 0.462 e. The van der Waals surface area contributed by atoms with Gasteiger partial charge < -0.3 is 47.6 Å². The van der Waals surface area contributed by atoms with Crippen molar-refractivity contribution in [3.05, 3.63) is 28.8 Å². The van der Waals surface area contributed by atoms with Crippen molar-refractivity contribution in [1.29, 1.82) is 0 Å². The first-order valence-electron chi connectivity index (χ1n) is 15.4. The molecule has 0 amide bonds. The van der Waals surface area contributed by atoms with E-state index in [0.29, 0.717) is 5.56 Å². The Kier molecular flexibility index (Phi) is 9.64. The molecule has 0 aliphatic heterocycles. The molecule has 2 unspecified atom stereocenters. The molecule has 0 heterocycles. The molecule has 13 heteroatoms. The highest BCUT2D eigenvalue weighted by Gasteiger charge is 2.38. The zero-order chi connectivity index (χ0) is 34.1. The van der Waals surface area contributed by atoms with Crippen LogP contribution in [0, 0.1) is 29.6 Å². The lowest BCUT2D eigenvalue weighted by molar-refractivity contribution is -0.156. The van der Waals surface area contributed by atoms with E-state index < -0.39 is 40.9 Å². The number of benzene rings is 2. The Balaban J connectivity index is 1.55. The third-order valence-electron chi connectivity index (χ3n) is 9.69. The second-order valence-corrected chi connectivity index (χ2v) is 13.7. The first-order valence-corrected chi connectivity index (χ1v) is 15.4. The van der Waals surface area contributed by atoms with Crippen molar-refractivity contribution in [3.8, 4) is 11.5 Å². The third kappa shape index (κ3) is 6.92. The molecule has 2 aromatic rings. The molecule has 250 valence electrons. The van der Waals surface area contributed by atoms with E-state index in [0.717, 1.165) is 38.5 Å². The van der Waals surface area contributed by atoms with Gasteiger partial charge in [-0.1, -0.05) is 40.5 Å². The molecule has 2 aromatic carbocycles. The molecule has 2 atom stereocenters. The summed E-state index contributed by atoms with van der Waals surface area (Å²) in [6, 6.07) is 2.57. The normalized spacial score (nSPS) is 19.8. The summed E-state index contributed by atoms with van der Waals surface area (Å²) in [5.74, 6) is -5.72. The summed E-state index contributed by atoms with van der Waals surface area (Å²) >= 11 is 0. The summed E-state index contributed by atoms with van der Waals surface area (Å²) < 4.78 is 21.7. The van der Waals surface area contributed by atoms with E-state index in [1.54, 1.807) is 6.92 Å².